The van der Waals surface area contributed by atoms with Gasteiger partial charge >= 0.3 is 6.18 Å². The summed E-state index contributed by atoms with van der Waals surface area (Å²) in [5.41, 5.74) is -3.32. The van der Waals surface area contributed by atoms with Crippen LogP contribution in [0.2, 0.25) is 0 Å². The number of phenolic OH excluding ortho intramolecular Hbond substituents is 1. The first-order valence-corrected chi connectivity index (χ1v) is 3.84. The smallest absolute Gasteiger partial charge is 0.421 e. The van der Waals surface area contributed by atoms with Crippen LogP contribution in [0, 0.1) is 0 Å². The Labute approximate surface area is 78.6 Å². The molecule has 0 aliphatic rings. The van der Waals surface area contributed by atoms with Gasteiger partial charge in [0.2, 0.25) is 0 Å². The number of aromatic hydroxyl groups is 1. The fourth-order valence-corrected chi connectivity index (χ4v) is 0.972. The molecule has 1 atom stereocenters. The molecule has 1 aromatic rings. The van der Waals surface area contributed by atoms with Crippen LogP contribution < -0.4 is 0 Å². The topological polar surface area (TPSA) is 40.5 Å². The van der Waals surface area contributed by atoms with Crippen molar-refractivity contribution in [1.29, 1.82) is 0 Å². The lowest BCUT2D eigenvalue weighted by molar-refractivity contribution is -0.258. The van der Waals surface area contributed by atoms with Crippen LogP contribution in [0.25, 0.3) is 0 Å². The van der Waals surface area contributed by atoms with Crippen molar-refractivity contribution in [2.24, 2.45) is 0 Å². The third-order valence-corrected chi connectivity index (χ3v) is 1.96. The number of benzene rings is 1. The number of alkyl halides is 3. The maximum absolute atomic E-state index is 12.3. The van der Waals surface area contributed by atoms with E-state index in [0.29, 0.717) is 6.92 Å². The number of hydrogen-bond donors (Lipinski definition) is 2. The summed E-state index contributed by atoms with van der Waals surface area (Å²) in [5.74, 6) is -0.313. The zero-order valence-corrected chi connectivity index (χ0v) is 7.34. The molecule has 0 spiro atoms. The minimum absolute atomic E-state index is 0.313. The van der Waals surface area contributed by atoms with E-state index in [-0.39, 0.29) is 11.3 Å². The molecule has 5 heteroatoms. The molecule has 0 radical (unpaired) electrons. The van der Waals surface area contributed by atoms with Crippen molar-refractivity contribution in [3.63, 3.8) is 0 Å². The van der Waals surface area contributed by atoms with E-state index in [1.807, 2.05) is 0 Å². The molecule has 0 saturated carbocycles. The van der Waals surface area contributed by atoms with Crippen LogP contribution in [-0.2, 0) is 5.60 Å². The van der Waals surface area contributed by atoms with Crippen molar-refractivity contribution >= 4 is 0 Å². The summed E-state index contributed by atoms with van der Waals surface area (Å²) >= 11 is 0. The van der Waals surface area contributed by atoms with Crippen LogP contribution in [0.5, 0.6) is 5.75 Å². The number of halogens is 3. The Kier molecular flexibility index (Phi) is 2.45. The molecule has 1 rings (SSSR count). The first kappa shape index (κ1) is 10.8. The molecule has 0 fully saturated rings. The van der Waals surface area contributed by atoms with E-state index < -0.39 is 11.8 Å². The van der Waals surface area contributed by atoms with Crippen LogP contribution in [0.1, 0.15) is 12.5 Å². The molecule has 2 N–H and O–H groups in total. The largest absolute Gasteiger partial charge is 0.508 e. The molecular formula is C9H9F3O2. The van der Waals surface area contributed by atoms with Gasteiger partial charge in [-0.2, -0.15) is 13.2 Å². The average Bonchev–Trinajstić information content (AvgIpc) is 2.02. The van der Waals surface area contributed by atoms with Gasteiger partial charge in [-0.1, -0.05) is 12.1 Å². The Balaban J connectivity index is 3.16. The standard InChI is InChI=1S/C9H9F3O2/c1-8(14,9(10,11)12)6-3-2-4-7(13)5-6/h2-5,13-14H,1H3. The van der Waals surface area contributed by atoms with Crippen LogP contribution >= 0.6 is 0 Å². The van der Waals surface area contributed by atoms with Crippen molar-refractivity contribution in [3.8, 4) is 5.75 Å². The van der Waals surface area contributed by atoms with E-state index in [9.17, 15) is 18.3 Å². The highest BCUT2D eigenvalue weighted by molar-refractivity contribution is 5.31. The maximum atomic E-state index is 12.3. The van der Waals surface area contributed by atoms with Gasteiger partial charge in [0.05, 0.1) is 0 Å². The van der Waals surface area contributed by atoms with Gasteiger partial charge in [0.1, 0.15) is 5.75 Å². The van der Waals surface area contributed by atoms with Gasteiger partial charge in [0.15, 0.2) is 5.60 Å². The van der Waals surface area contributed by atoms with Crippen LogP contribution in [0.4, 0.5) is 13.2 Å². The Morgan fingerprint density at radius 1 is 1.21 bits per heavy atom. The normalized spacial score (nSPS) is 16.4. The molecule has 14 heavy (non-hydrogen) atoms. The minimum atomic E-state index is -4.76. The highest BCUT2D eigenvalue weighted by Crippen LogP contribution is 2.39. The van der Waals surface area contributed by atoms with Crippen molar-refractivity contribution in [1.82, 2.24) is 0 Å². The van der Waals surface area contributed by atoms with E-state index in [1.165, 1.54) is 12.1 Å². The lowest BCUT2D eigenvalue weighted by Gasteiger charge is -2.26. The first-order chi connectivity index (χ1) is 6.25. The molecule has 0 bridgehead atoms. The SMILES string of the molecule is CC(O)(c1cccc(O)c1)C(F)(F)F. The van der Waals surface area contributed by atoms with Crippen LogP contribution in [0.3, 0.4) is 0 Å². The predicted octanol–water partition coefficient (Wildman–Crippen LogP) is 2.16. The van der Waals surface area contributed by atoms with E-state index in [1.54, 1.807) is 0 Å². The second-order valence-corrected chi connectivity index (χ2v) is 3.12. The lowest BCUT2D eigenvalue weighted by Crippen LogP contribution is -2.39. The van der Waals surface area contributed by atoms with Gasteiger partial charge in [0, 0.05) is 0 Å². The van der Waals surface area contributed by atoms with Gasteiger partial charge < -0.3 is 10.2 Å². The summed E-state index contributed by atoms with van der Waals surface area (Å²) in [6.07, 6.45) is -4.76. The monoisotopic (exact) mass is 206 g/mol. The fraction of sp³-hybridized carbons (Fsp3) is 0.333. The number of aliphatic hydroxyl groups is 1. The maximum Gasteiger partial charge on any atom is 0.421 e. The first-order valence-electron chi connectivity index (χ1n) is 3.84. The molecule has 0 aliphatic carbocycles. The van der Waals surface area contributed by atoms with Crippen molar-refractivity contribution < 1.29 is 23.4 Å². The van der Waals surface area contributed by atoms with Gasteiger partial charge in [0.25, 0.3) is 0 Å². The fourth-order valence-electron chi connectivity index (χ4n) is 0.972. The average molecular weight is 206 g/mol. The summed E-state index contributed by atoms with van der Waals surface area (Å²) in [4.78, 5) is 0. The second kappa shape index (κ2) is 3.16. The van der Waals surface area contributed by atoms with E-state index in [0.717, 1.165) is 12.1 Å². The van der Waals surface area contributed by atoms with Crippen molar-refractivity contribution in [2.45, 2.75) is 18.7 Å². The molecule has 1 unspecified atom stereocenters. The van der Waals surface area contributed by atoms with Gasteiger partial charge in [-0.3, -0.25) is 0 Å². The molecule has 2 nitrogen and oxygen atoms in total. The van der Waals surface area contributed by atoms with E-state index in [4.69, 9.17) is 5.11 Å². The zero-order valence-electron chi connectivity index (χ0n) is 7.34. The third kappa shape index (κ3) is 1.82. The van der Waals surface area contributed by atoms with Gasteiger partial charge in [-0.25, -0.2) is 0 Å². The van der Waals surface area contributed by atoms with Crippen LogP contribution in [-0.4, -0.2) is 16.4 Å². The number of phenols is 1. The molecule has 0 heterocycles. The summed E-state index contributed by atoms with van der Waals surface area (Å²) in [6, 6.07) is 4.46. The number of hydrogen-bond acceptors (Lipinski definition) is 2. The Bertz CT molecular complexity index is 331. The van der Waals surface area contributed by atoms with Gasteiger partial charge in [-0.15, -0.1) is 0 Å². The van der Waals surface area contributed by atoms with Crippen molar-refractivity contribution in [2.75, 3.05) is 0 Å². The Hall–Kier alpha value is -1.23. The molecule has 0 aromatic heterocycles. The summed E-state index contributed by atoms with van der Waals surface area (Å²) < 4.78 is 37.0. The second-order valence-electron chi connectivity index (χ2n) is 3.12. The summed E-state index contributed by atoms with van der Waals surface area (Å²) in [5, 5.41) is 18.2. The Morgan fingerprint density at radius 2 is 1.79 bits per heavy atom. The molecule has 0 aliphatic heterocycles. The lowest BCUT2D eigenvalue weighted by atomic mass is 9.95. The van der Waals surface area contributed by atoms with Gasteiger partial charge in [-0.05, 0) is 24.6 Å². The summed E-state index contributed by atoms with van der Waals surface area (Å²) in [6.45, 7) is 0.641. The molecule has 0 saturated heterocycles. The molecule has 1 aromatic carbocycles. The highest BCUT2D eigenvalue weighted by Gasteiger charge is 2.51. The molecule has 0 amide bonds. The van der Waals surface area contributed by atoms with Crippen molar-refractivity contribution in [3.05, 3.63) is 29.8 Å². The summed E-state index contributed by atoms with van der Waals surface area (Å²) in [7, 11) is 0. The quantitative estimate of drug-likeness (QED) is 0.739. The van der Waals surface area contributed by atoms with E-state index in [2.05, 4.69) is 0 Å². The van der Waals surface area contributed by atoms with E-state index >= 15 is 0 Å². The molecular weight excluding hydrogens is 197 g/mol. The predicted molar refractivity (Wildman–Crippen MR) is 43.7 cm³/mol. The highest BCUT2D eigenvalue weighted by atomic mass is 19.4. The molecule has 78 valence electrons. The third-order valence-electron chi connectivity index (χ3n) is 1.96. The Morgan fingerprint density at radius 3 is 2.21 bits per heavy atom. The van der Waals surface area contributed by atoms with Crippen LogP contribution in [0.15, 0.2) is 24.3 Å². The number of rotatable bonds is 1. The minimum Gasteiger partial charge on any atom is -0.508 e. The zero-order chi connectivity index (χ0) is 11.0.